The summed E-state index contributed by atoms with van der Waals surface area (Å²) in [5.74, 6) is -0.0994. The van der Waals surface area contributed by atoms with Gasteiger partial charge < -0.3 is 15.7 Å². The normalized spacial score (nSPS) is 21.8. The number of nitrogens with two attached hydrogens (primary N) is 1. The Balaban J connectivity index is 2.52. The first-order chi connectivity index (χ1) is 7.40. The molecule has 4 heteroatoms. The lowest BCUT2D eigenvalue weighted by Gasteiger charge is -2.31. The molecule has 0 aliphatic heterocycles. The molecule has 0 amide bonds. The largest absolute Gasteiger partial charge is 0.480 e. The standard InChI is InChI=1S/C12H24N2O2/c1-4-9(2)7-14(3)8-12(13,11(15)16)10-5-6-10/h9-10H,4-8,13H2,1-3H3,(H,15,16). The zero-order chi connectivity index (χ0) is 12.3. The molecule has 0 bridgehead atoms. The van der Waals surface area contributed by atoms with E-state index in [-0.39, 0.29) is 5.92 Å². The average Bonchev–Trinajstić information content (AvgIpc) is 2.99. The predicted molar refractivity (Wildman–Crippen MR) is 64.2 cm³/mol. The van der Waals surface area contributed by atoms with Crippen LogP contribution in [-0.2, 0) is 4.79 Å². The van der Waals surface area contributed by atoms with Gasteiger partial charge in [0.1, 0.15) is 5.54 Å². The molecule has 0 spiro atoms. The molecule has 0 saturated heterocycles. The maximum Gasteiger partial charge on any atom is 0.325 e. The third kappa shape index (κ3) is 3.19. The summed E-state index contributed by atoms with van der Waals surface area (Å²) < 4.78 is 0. The van der Waals surface area contributed by atoms with E-state index in [0.29, 0.717) is 12.5 Å². The fourth-order valence-corrected chi connectivity index (χ4v) is 2.14. The van der Waals surface area contributed by atoms with Crippen LogP contribution >= 0.6 is 0 Å². The molecule has 94 valence electrons. The molecule has 3 N–H and O–H groups in total. The lowest BCUT2D eigenvalue weighted by Crippen LogP contribution is -2.57. The van der Waals surface area contributed by atoms with Crippen molar-refractivity contribution in [2.45, 2.75) is 38.6 Å². The molecular weight excluding hydrogens is 204 g/mol. The quantitative estimate of drug-likeness (QED) is 0.686. The van der Waals surface area contributed by atoms with Crippen LogP contribution in [0, 0.1) is 11.8 Å². The van der Waals surface area contributed by atoms with Gasteiger partial charge in [0.25, 0.3) is 0 Å². The first kappa shape index (κ1) is 13.5. The van der Waals surface area contributed by atoms with Crippen molar-refractivity contribution < 1.29 is 9.90 Å². The second kappa shape index (κ2) is 5.15. The molecule has 2 atom stereocenters. The molecule has 4 nitrogen and oxygen atoms in total. The fourth-order valence-electron chi connectivity index (χ4n) is 2.14. The van der Waals surface area contributed by atoms with Crippen LogP contribution in [0.15, 0.2) is 0 Å². The van der Waals surface area contributed by atoms with E-state index in [1.165, 1.54) is 0 Å². The lowest BCUT2D eigenvalue weighted by atomic mass is 9.93. The molecule has 1 saturated carbocycles. The predicted octanol–water partition coefficient (Wildman–Crippen LogP) is 1.16. The molecule has 0 aromatic carbocycles. The molecule has 2 unspecified atom stereocenters. The van der Waals surface area contributed by atoms with Crippen LogP contribution < -0.4 is 5.73 Å². The number of rotatable bonds is 7. The average molecular weight is 228 g/mol. The van der Waals surface area contributed by atoms with E-state index < -0.39 is 11.5 Å². The minimum atomic E-state index is -1.04. The maximum atomic E-state index is 11.2. The first-order valence-corrected chi connectivity index (χ1v) is 6.11. The Hall–Kier alpha value is -0.610. The van der Waals surface area contributed by atoms with Crippen molar-refractivity contribution >= 4 is 5.97 Å². The van der Waals surface area contributed by atoms with Crippen molar-refractivity contribution in [3.05, 3.63) is 0 Å². The SMILES string of the molecule is CCC(C)CN(C)CC(N)(C(=O)O)C1CC1. The van der Waals surface area contributed by atoms with Crippen LogP contribution in [0.1, 0.15) is 33.1 Å². The van der Waals surface area contributed by atoms with Gasteiger partial charge in [-0.1, -0.05) is 20.3 Å². The van der Waals surface area contributed by atoms with E-state index in [0.717, 1.165) is 25.8 Å². The Morgan fingerprint density at radius 1 is 1.62 bits per heavy atom. The molecular formula is C12H24N2O2. The van der Waals surface area contributed by atoms with Crippen LogP contribution in [0.2, 0.25) is 0 Å². The van der Waals surface area contributed by atoms with Crippen molar-refractivity contribution in [1.82, 2.24) is 4.90 Å². The van der Waals surface area contributed by atoms with E-state index in [2.05, 4.69) is 18.7 Å². The second-order valence-corrected chi connectivity index (χ2v) is 5.33. The van der Waals surface area contributed by atoms with Gasteiger partial charge in [0.15, 0.2) is 0 Å². The van der Waals surface area contributed by atoms with Gasteiger partial charge >= 0.3 is 5.97 Å². The van der Waals surface area contributed by atoms with Gasteiger partial charge in [0, 0.05) is 13.1 Å². The van der Waals surface area contributed by atoms with Crippen molar-refractivity contribution in [2.24, 2.45) is 17.6 Å². The molecule has 0 radical (unpaired) electrons. The molecule has 1 fully saturated rings. The summed E-state index contributed by atoms with van der Waals surface area (Å²) >= 11 is 0. The van der Waals surface area contributed by atoms with Crippen LogP contribution in [0.4, 0.5) is 0 Å². The number of hydrogen-bond donors (Lipinski definition) is 2. The number of nitrogens with zero attached hydrogens (tertiary/aromatic N) is 1. The summed E-state index contributed by atoms with van der Waals surface area (Å²) in [4.78, 5) is 13.3. The zero-order valence-corrected chi connectivity index (χ0v) is 10.6. The molecule has 1 aliphatic carbocycles. The van der Waals surface area contributed by atoms with Crippen molar-refractivity contribution in [3.8, 4) is 0 Å². The number of carboxylic acids is 1. The topological polar surface area (TPSA) is 66.6 Å². The van der Waals surface area contributed by atoms with E-state index in [4.69, 9.17) is 5.73 Å². The van der Waals surface area contributed by atoms with E-state index in [9.17, 15) is 9.90 Å². The summed E-state index contributed by atoms with van der Waals surface area (Å²) in [6, 6.07) is 0. The van der Waals surface area contributed by atoms with Gasteiger partial charge in [-0.3, -0.25) is 4.79 Å². The summed E-state index contributed by atoms with van der Waals surface area (Å²) in [5, 5.41) is 9.23. The van der Waals surface area contributed by atoms with Crippen molar-refractivity contribution in [3.63, 3.8) is 0 Å². The molecule has 16 heavy (non-hydrogen) atoms. The van der Waals surface area contributed by atoms with Gasteiger partial charge in [0.2, 0.25) is 0 Å². The van der Waals surface area contributed by atoms with E-state index in [1.54, 1.807) is 0 Å². The van der Waals surface area contributed by atoms with Gasteiger partial charge in [-0.05, 0) is 31.7 Å². The van der Waals surface area contributed by atoms with Crippen LogP contribution in [-0.4, -0.2) is 41.7 Å². The molecule has 1 aliphatic rings. The molecule has 1 rings (SSSR count). The highest BCUT2D eigenvalue weighted by atomic mass is 16.4. The number of likely N-dealkylation sites (N-methyl/N-ethyl adjacent to an activating group) is 1. The Morgan fingerprint density at radius 3 is 2.56 bits per heavy atom. The minimum absolute atomic E-state index is 0.171. The highest BCUT2D eigenvalue weighted by molar-refractivity contribution is 5.79. The minimum Gasteiger partial charge on any atom is -0.480 e. The van der Waals surface area contributed by atoms with Gasteiger partial charge in [-0.2, -0.15) is 0 Å². The summed E-state index contributed by atoms with van der Waals surface area (Å²) in [6.07, 6.45) is 3.03. The summed E-state index contributed by atoms with van der Waals surface area (Å²) in [7, 11) is 1.96. The molecule has 0 heterocycles. The molecule has 0 aromatic heterocycles. The Bertz CT molecular complexity index is 253. The van der Waals surface area contributed by atoms with Gasteiger partial charge in [-0.15, -0.1) is 0 Å². The maximum absolute atomic E-state index is 11.2. The smallest absolute Gasteiger partial charge is 0.325 e. The summed E-state index contributed by atoms with van der Waals surface area (Å²) in [6.45, 7) is 5.69. The lowest BCUT2D eigenvalue weighted by molar-refractivity contribution is -0.145. The van der Waals surface area contributed by atoms with Crippen LogP contribution in [0.25, 0.3) is 0 Å². The fraction of sp³-hybridized carbons (Fsp3) is 0.917. The number of hydrogen-bond acceptors (Lipinski definition) is 3. The van der Waals surface area contributed by atoms with Crippen molar-refractivity contribution in [1.29, 1.82) is 0 Å². The number of aliphatic carboxylic acids is 1. The third-order valence-corrected chi connectivity index (χ3v) is 3.56. The third-order valence-electron chi connectivity index (χ3n) is 3.56. The van der Waals surface area contributed by atoms with Crippen LogP contribution in [0.5, 0.6) is 0 Å². The molecule has 0 aromatic rings. The second-order valence-electron chi connectivity index (χ2n) is 5.33. The van der Waals surface area contributed by atoms with E-state index >= 15 is 0 Å². The van der Waals surface area contributed by atoms with E-state index in [1.807, 2.05) is 7.05 Å². The highest BCUT2D eigenvalue weighted by Gasteiger charge is 2.48. The Morgan fingerprint density at radius 2 is 2.19 bits per heavy atom. The monoisotopic (exact) mass is 228 g/mol. The van der Waals surface area contributed by atoms with Crippen LogP contribution in [0.3, 0.4) is 0 Å². The van der Waals surface area contributed by atoms with Gasteiger partial charge in [0.05, 0.1) is 0 Å². The number of carboxylic acid groups (broad SMARTS) is 1. The Labute approximate surface area is 97.8 Å². The Kier molecular flexibility index (Phi) is 4.33. The highest BCUT2D eigenvalue weighted by Crippen LogP contribution is 2.38. The zero-order valence-electron chi connectivity index (χ0n) is 10.6. The van der Waals surface area contributed by atoms with Gasteiger partial charge in [-0.25, -0.2) is 0 Å². The first-order valence-electron chi connectivity index (χ1n) is 6.11. The van der Waals surface area contributed by atoms with Crippen molar-refractivity contribution in [2.75, 3.05) is 20.1 Å². The summed E-state index contributed by atoms with van der Waals surface area (Å²) in [5.41, 5.74) is 4.98. The number of carbonyl (C=O) groups is 1.